The lowest BCUT2D eigenvalue weighted by Gasteiger charge is -2.03. The van der Waals surface area contributed by atoms with Crippen molar-refractivity contribution in [2.75, 3.05) is 0 Å². The monoisotopic (exact) mass is 149 g/mol. The van der Waals surface area contributed by atoms with E-state index in [-0.39, 0.29) is 4.32 Å². The van der Waals surface area contributed by atoms with E-state index in [0.717, 1.165) is 0 Å². The van der Waals surface area contributed by atoms with E-state index in [1.807, 2.05) is 13.8 Å². The predicted octanol–water partition coefficient (Wildman–Crippen LogP) is 1.81. The highest BCUT2D eigenvalue weighted by Gasteiger charge is 2.04. The van der Waals surface area contributed by atoms with Crippen molar-refractivity contribution in [2.45, 2.75) is 18.2 Å². The van der Waals surface area contributed by atoms with Gasteiger partial charge in [0.05, 0.1) is 4.32 Å². The smallest absolute Gasteiger partial charge is 0.0545 e. The molecule has 0 saturated carbocycles. The zero-order valence-electron chi connectivity index (χ0n) is 3.96. The lowest BCUT2D eigenvalue weighted by Crippen LogP contribution is -2.08. The van der Waals surface area contributed by atoms with Crippen molar-refractivity contribution in [2.24, 2.45) is 0 Å². The molecule has 1 N–H and O–H groups in total. The van der Waals surface area contributed by atoms with Gasteiger partial charge in [-0.2, -0.15) is 0 Å². The molecule has 0 radical (unpaired) electrons. The van der Waals surface area contributed by atoms with Gasteiger partial charge >= 0.3 is 0 Å². The van der Waals surface area contributed by atoms with Crippen LogP contribution in [0.15, 0.2) is 0 Å². The first-order valence-electron chi connectivity index (χ1n) is 1.77. The molecule has 0 fully saturated rings. The number of hydrogen-bond donors (Lipinski definition) is 1. The van der Waals surface area contributed by atoms with Crippen molar-refractivity contribution >= 4 is 22.1 Å². The lowest BCUT2D eigenvalue weighted by atomic mass is 10.2. The molecule has 0 spiro atoms. The fourth-order valence-electron chi connectivity index (χ4n) is 0. The Morgan fingerprint density at radius 3 is 1.83 bits per heavy atom. The molecule has 0 amide bonds. The Labute approximate surface area is 46.4 Å². The molecule has 0 unspecified atom stereocenters. The third-order valence-corrected chi connectivity index (χ3v) is 0.572. The van der Waals surface area contributed by atoms with Crippen molar-refractivity contribution < 1.29 is 0 Å². The van der Waals surface area contributed by atoms with E-state index in [0.29, 0.717) is 0 Å². The van der Waals surface area contributed by atoms with E-state index in [2.05, 4.69) is 15.9 Å². The Morgan fingerprint density at radius 2 is 1.83 bits per heavy atom. The SMILES string of the molecule is CC(C)(Br)C=N. The molecule has 0 aliphatic carbocycles. The zero-order chi connectivity index (χ0) is 5.21. The van der Waals surface area contributed by atoms with Gasteiger partial charge in [-0.15, -0.1) is 0 Å². The van der Waals surface area contributed by atoms with Crippen molar-refractivity contribution in [3.8, 4) is 0 Å². The summed E-state index contributed by atoms with van der Waals surface area (Å²) in [6.45, 7) is 3.83. The normalized spacial score (nSPS) is 11.2. The highest BCUT2D eigenvalue weighted by Crippen LogP contribution is 2.10. The zero-order valence-corrected chi connectivity index (χ0v) is 5.54. The molecule has 0 aromatic rings. The van der Waals surface area contributed by atoms with E-state index in [4.69, 9.17) is 5.41 Å². The van der Waals surface area contributed by atoms with E-state index in [1.165, 1.54) is 6.21 Å². The van der Waals surface area contributed by atoms with Crippen LogP contribution in [0.25, 0.3) is 0 Å². The molecule has 0 aromatic carbocycles. The van der Waals surface area contributed by atoms with Gasteiger partial charge in [0.1, 0.15) is 0 Å². The molecular weight excluding hydrogens is 142 g/mol. The summed E-state index contributed by atoms with van der Waals surface area (Å²) in [6.07, 6.45) is 1.35. The molecule has 0 bridgehead atoms. The van der Waals surface area contributed by atoms with Crippen molar-refractivity contribution in [1.82, 2.24) is 0 Å². The van der Waals surface area contributed by atoms with Crippen LogP contribution in [0.3, 0.4) is 0 Å². The third kappa shape index (κ3) is 4.15. The molecule has 0 aromatic heterocycles. The number of alkyl halides is 1. The third-order valence-electron chi connectivity index (χ3n) is 0.343. The molecule has 1 nitrogen and oxygen atoms in total. The maximum absolute atomic E-state index is 6.68. The summed E-state index contributed by atoms with van der Waals surface area (Å²) in [4.78, 5) is 0. The summed E-state index contributed by atoms with van der Waals surface area (Å²) in [7, 11) is 0. The molecule has 0 heterocycles. The van der Waals surface area contributed by atoms with Crippen molar-refractivity contribution in [3.63, 3.8) is 0 Å². The van der Waals surface area contributed by atoms with Crippen LogP contribution in [0.1, 0.15) is 13.8 Å². The Hall–Kier alpha value is 0.150. The van der Waals surface area contributed by atoms with Crippen molar-refractivity contribution in [1.29, 1.82) is 5.41 Å². The Bertz CT molecular complexity index is 53.1. The quantitative estimate of drug-likeness (QED) is 0.435. The van der Waals surface area contributed by atoms with E-state index >= 15 is 0 Å². The van der Waals surface area contributed by atoms with Gasteiger partial charge < -0.3 is 5.41 Å². The largest absolute Gasteiger partial charge is 0.312 e. The van der Waals surface area contributed by atoms with Gasteiger partial charge in [-0.1, -0.05) is 15.9 Å². The van der Waals surface area contributed by atoms with Gasteiger partial charge in [0.15, 0.2) is 0 Å². The summed E-state index contributed by atoms with van der Waals surface area (Å²) < 4.78 is -0.104. The van der Waals surface area contributed by atoms with Crippen LogP contribution in [0.2, 0.25) is 0 Å². The molecule has 36 valence electrons. The van der Waals surface area contributed by atoms with Crippen LogP contribution >= 0.6 is 15.9 Å². The summed E-state index contributed by atoms with van der Waals surface area (Å²) in [5, 5.41) is 6.68. The minimum Gasteiger partial charge on any atom is -0.312 e. The standard InChI is InChI=1S/C4H8BrN/c1-4(2,5)3-6/h3,6H,1-2H3. The van der Waals surface area contributed by atoms with Gasteiger partial charge in [-0.25, -0.2) is 0 Å². The van der Waals surface area contributed by atoms with Crippen LogP contribution in [0.5, 0.6) is 0 Å². The second-order valence-electron chi connectivity index (χ2n) is 1.71. The van der Waals surface area contributed by atoms with Gasteiger partial charge in [0.2, 0.25) is 0 Å². The van der Waals surface area contributed by atoms with E-state index < -0.39 is 0 Å². The van der Waals surface area contributed by atoms with E-state index in [1.54, 1.807) is 0 Å². The minimum absolute atomic E-state index is 0.104. The number of rotatable bonds is 1. The van der Waals surface area contributed by atoms with Crippen LogP contribution in [0, 0.1) is 5.41 Å². The van der Waals surface area contributed by atoms with Crippen molar-refractivity contribution in [3.05, 3.63) is 0 Å². The molecular formula is C4H8BrN. The summed E-state index contributed by atoms with van der Waals surface area (Å²) in [6, 6.07) is 0. The van der Waals surface area contributed by atoms with E-state index in [9.17, 15) is 0 Å². The molecule has 0 saturated heterocycles. The molecule has 0 rings (SSSR count). The topological polar surface area (TPSA) is 23.9 Å². The first kappa shape index (κ1) is 6.15. The first-order chi connectivity index (χ1) is 2.56. The summed E-state index contributed by atoms with van der Waals surface area (Å²) in [5.41, 5.74) is 0. The molecule has 0 atom stereocenters. The molecule has 0 aliphatic rings. The number of nitrogens with one attached hydrogen (secondary N) is 1. The van der Waals surface area contributed by atoms with Crippen LogP contribution in [-0.2, 0) is 0 Å². The number of hydrogen-bond acceptors (Lipinski definition) is 1. The minimum atomic E-state index is -0.104. The van der Waals surface area contributed by atoms with Crippen LogP contribution < -0.4 is 0 Å². The fraction of sp³-hybridized carbons (Fsp3) is 0.750. The highest BCUT2D eigenvalue weighted by molar-refractivity contribution is 9.10. The second kappa shape index (κ2) is 1.73. The van der Waals surface area contributed by atoms with Gasteiger partial charge in [-0.3, -0.25) is 0 Å². The van der Waals surface area contributed by atoms with Gasteiger partial charge in [0, 0.05) is 6.21 Å². The van der Waals surface area contributed by atoms with Gasteiger partial charge in [-0.05, 0) is 13.8 Å². The maximum Gasteiger partial charge on any atom is 0.0545 e. The first-order valence-corrected chi connectivity index (χ1v) is 2.56. The molecule has 0 aliphatic heterocycles. The average molecular weight is 150 g/mol. The predicted molar refractivity (Wildman–Crippen MR) is 31.8 cm³/mol. The fourth-order valence-corrected chi connectivity index (χ4v) is 0. The highest BCUT2D eigenvalue weighted by atomic mass is 79.9. The summed E-state index contributed by atoms with van der Waals surface area (Å²) in [5.74, 6) is 0. The number of halogens is 1. The second-order valence-corrected chi connectivity index (χ2v) is 3.75. The Balaban J connectivity index is 3.45. The summed E-state index contributed by atoms with van der Waals surface area (Å²) >= 11 is 3.23. The molecule has 6 heavy (non-hydrogen) atoms. The van der Waals surface area contributed by atoms with Gasteiger partial charge in [0.25, 0.3) is 0 Å². The van der Waals surface area contributed by atoms with Crippen LogP contribution in [-0.4, -0.2) is 10.5 Å². The maximum atomic E-state index is 6.68. The average Bonchev–Trinajstić information content (AvgIpc) is 1.35. The lowest BCUT2D eigenvalue weighted by molar-refractivity contribution is 0.989. The Morgan fingerprint density at radius 1 is 1.67 bits per heavy atom. The Kier molecular flexibility index (Phi) is 1.78. The van der Waals surface area contributed by atoms with Crippen LogP contribution in [0.4, 0.5) is 0 Å². The molecule has 2 heteroatoms.